The molecule has 6 heteroatoms. The maximum absolute atomic E-state index is 12.4. The second-order valence-corrected chi connectivity index (χ2v) is 7.10. The predicted octanol–water partition coefficient (Wildman–Crippen LogP) is 3.01. The summed E-state index contributed by atoms with van der Waals surface area (Å²) in [6, 6.07) is 15.0. The van der Waals surface area contributed by atoms with Crippen molar-refractivity contribution in [3.8, 4) is 11.5 Å². The maximum atomic E-state index is 12.4. The molecule has 1 aliphatic rings. The summed E-state index contributed by atoms with van der Waals surface area (Å²) in [6.07, 6.45) is 0. The molecule has 0 unspecified atom stereocenters. The number of rotatable bonds is 8. The quantitative estimate of drug-likeness (QED) is 0.642. The third kappa shape index (κ3) is 6.06. The van der Waals surface area contributed by atoms with E-state index in [1.807, 2.05) is 24.0 Å². The number of carbonyl (C=O) groups excluding carboxylic acids is 2. The van der Waals surface area contributed by atoms with E-state index in [0.717, 1.165) is 25.4 Å². The number of ketones is 1. The molecule has 0 radical (unpaired) electrons. The van der Waals surface area contributed by atoms with E-state index in [9.17, 15) is 9.59 Å². The average molecular weight is 396 g/mol. The van der Waals surface area contributed by atoms with Gasteiger partial charge in [0.05, 0.1) is 6.61 Å². The van der Waals surface area contributed by atoms with E-state index in [0.29, 0.717) is 31.0 Å². The number of carbonyl (C=O) groups is 2. The highest BCUT2D eigenvalue weighted by Gasteiger charge is 2.21. The lowest BCUT2D eigenvalue weighted by Crippen LogP contribution is -2.49. The SMILES string of the molecule is CCOc1ccc(CN2CCN(C(=O)COc3ccc(C(C)=O)cc3)CC2)cc1. The van der Waals surface area contributed by atoms with E-state index in [1.54, 1.807) is 24.3 Å². The van der Waals surface area contributed by atoms with E-state index in [1.165, 1.54) is 12.5 Å². The van der Waals surface area contributed by atoms with Crippen molar-refractivity contribution in [2.75, 3.05) is 39.4 Å². The Bertz CT molecular complexity index is 810. The van der Waals surface area contributed by atoms with Crippen LogP contribution in [0, 0.1) is 0 Å². The Balaban J connectivity index is 1.41. The number of ether oxygens (including phenoxy) is 2. The van der Waals surface area contributed by atoms with Gasteiger partial charge in [-0.3, -0.25) is 14.5 Å². The van der Waals surface area contributed by atoms with Crippen molar-refractivity contribution in [2.24, 2.45) is 0 Å². The molecule has 0 spiro atoms. The van der Waals surface area contributed by atoms with Gasteiger partial charge in [-0.05, 0) is 55.8 Å². The molecular formula is C23H28N2O4. The summed E-state index contributed by atoms with van der Waals surface area (Å²) in [6.45, 7) is 8.12. The van der Waals surface area contributed by atoms with Crippen molar-refractivity contribution in [1.82, 2.24) is 9.80 Å². The van der Waals surface area contributed by atoms with Gasteiger partial charge in [-0.2, -0.15) is 0 Å². The molecular weight excluding hydrogens is 368 g/mol. The van der Waals surface area contributed by atoms with Gasteiger partial charge in [0.15, 0.2) is 12.4 Å². The van der Waals surface area contributed by atoms with Gasteiger partial charge in [-0.25, -0.2) is 0 Å². The summed E-state index contributed by atoms with van der Waals surface area (Å²) in [4.78, 5) is 27.9. The number of hydrogen-bond acceptors (Lipinski definition) is 5. The number of Topliss-reactive ketones (excluding diaryl/α,β-unsaturated/α-hetero) is 1. The van der Waals surface area contributed by atoms with Gasteiger partial charge >= 0.3 is 0 Å². The third-order valence-electron chi connectivity index (χ3n) is 4.99. The van der Waals surface area contributed by atoms with Crippen LogP contribution < -0.4 is 9.47 Å². The minimum Gasteiger partial charge on any atom is -0.494 e. The molecule has 2 aromatic rings. The fourth-order valence-corrected chi connectivity index (χ4v) is 3.29. The number of amides is 1. The van der Waals surface area contributed by atoms with Crippen molar-refractivity contribution < 1.29 is 19.1 Å². The summed E-state index contributed by atoms with van der Waals surface area (Å²) in [5, 5.41) is 0. The first-order valence-electron chi connectivity index (χ1n) is 10.0. The second kappa shape index (κ2) is 10.1. The number of nitrogens with zero attached hydrogens (tertiary/aromatic N) is 2. The Morgan fingerprint density at radius 3 is 2.03 bits per heavy atom. The Hall–Kier alpha value is -2.86. The van der Waals surface area contributed by atoms with Gasteiger partial charge in [-0.1, -0.05) is 12.1 Å². The van der Waals surface area contributed by atoms with E-state index in [2.05, 4.69) is 17.0 Å². The third-order valence-corrected chi connectivity index (χ3v) is 4.99. The average Bonchev–Trinajstić information content (AvgIpc) is 2.74. The van der Waals surface area contributed by atoms with Crippen LogP contribution in [0.2, 0.25) is 0 Å². The Morgan fingerprint density at radius 2 is 1.45 bits per heavy atom. The topological polar surface area (TPSA) is 59.1 Å². The molecule has 1 amide bonds. The summed E-state index contributed by atoms with van der Waals surface area (Å²) >= 11 is 0. The van der Waals surface area contributed by atoms with E-state index < -0.39 is 0 Å². The smallest absolute Gasteiger partial charge is 0.260 e. The Labute approximate surface area is 172 Å². The molecule has 0 atom stereocenters. The first-order chi connectivity index (χ1) is 14.0. The molecule has 154 valence electrons. The Morgan fingerprint density at radius 1 is 0.862 bits per heavy atom. The molecule has 6 nitrogen and oxygen atoms in total. The van der Waals surface area contributed by atoms with E-state index in [4.69, 9.17) is 9.47 Å². The molecule has 2 aromatic carbocycles. The largest absolute Gasteiger partial charge is 0.494 e. The normalized spacial score (nSPS) is 14.5. The summed E-state index contributed by atoms with van der Waals surface area (Å²) in [5.74, 6) is 1.48. The van der Waals surface area contributed by atoms with Gasteiger partial charge < -0.3 is 14.4 Å². The van der Waals surface area contributed by atoms with Crippen molar-refractivity contribution in [2.45, 2.75) is 20.4 Å². The van der Waals surface area contributed by atoms with E-state index in [-0.39, 0.29) is 18.3 Å². The molecule has 0 aromatic heterocycles. The van der Waals surface area contributed by atoms with Crippen LogP contribution in [0.3, 0.4) is 0 Å². The highest BCUT2D eigenvalue weighted by atomic mass is 16.5. The highest BCUT2D eigenvalue weighted by molar-refractivity contribution is 5.94. The second-order valence-electron chi connectivity index (χ2n) is 7.10. The molecule has 0 bridgehead atoms. The lowest BCUT2D eigenvalue weighted by Gasteiger charge is -2.34. The lowest BCUT2D eigenvalue weighted by molar-refractivity contribution is -0.135. The van der Waals surface area contributed by atoms with Crippen LogP contribution >= 0.6 is 0 Å². The van der Waals surface area contributed by atoms with Crippen LogP contribution in [0.1, 0.15) is 29.8 Å². The Kier molecular flexibility index (Phi) is 7.25. The van der Waals surface area contributed by atoms with Crippen LogP contribution in [0.25, 0.3) is 0 Å². The zero-order chi connectivity index (χ0) is 20.6. The number of piperazine rings is 1. The number of benzene rings is 2. The van der Waals surface area contributed by atoms with Crippen molar-refractivity contribution in [3.63, 3.8) is 0 Å². The molecule has 1 heterocycles. The molecule has 3 rings (SSSR count). The fourth-order valence-electron chi connectivity index (χ4n) is 3.29. The predicted molar refractivity (Wildman–Crippen MR) is 111 cm³/mol. The van der Waals surface area contributed by atoms with Crippen LogP contribution in [0.4, 0.5) is 0 Å². The van der Waals surface area contributed by atoms with Crippen molar-refractivity contribution >= 4 is 11.7 Å². The standard InChI is InChI=1S/C23H28N2O4/c1-3-28-21-8-4-19(5-9-21)16-24-12-14-25(15-13-24)23(27)17-29-22-10-6-20(7-11-22)18(2)26/h4-11H,3,12-17H2,1-2H3. The zero-order valence-electron chi connectivity index (χ0n) is 17.1. The molecule has 0 N–H and O–H groups in total. The number of hydrogen-bond donors (Lipinski definition) is 0. The fraction of sp³-hybridized carbons (Fsp3) is 0.391. The van der Waals surface area contributed by atoms with Gasteiger partial charge in [-0.15, -0.1) is 0 Å². The van der Waals surface area contributed by atoms with Gasteiger partial charge in [0.25, 0.3) is 5.91 Å². The first kappa shape index (κ1) is 20.9. The molecule has 1 aliphatic heterocycles. The van der Waals surface area contributed by atoms with Gasteiger partial charge in [0, 0.05) is 38.3 Å². The van der Waals surface area contributed by atoms with E-state index >= 15 is 0 Å². The molecule has 29 heavy (non-hydrogen) atoms. The summed E-state index contributed by atoms with van der Waals surface area (Å²) < 4.78 is 11.1. The first-order valence-corrected chi connectivity index (χ1v) is 10.0. The van der Waals surface area contributed by atoms with Gasteiger partial charge in [0.2, 0.25) is 0 Å². The van der Waals surface area contributed by atoms with Crippen molar-refractivity contribution in [3.05, 3.63) is 59.7 Å². The maximum Gasteiger partial charge on any atom is 0.260 e. The van der Waals surface area contributed by atoms with Gasteiger partial charge in [0.1, 0.15) is 11.5 Å². The summed E-state index contributed by atoms with van der Waals surface area (Å²) in [5.41, 5.74) is 1.87. The van der Waals surface area contributed by atoms with Crippen LogP contribution in [0.5, 0.6) is 11.5 Å². The van der Waals surface area contributed by atoms with Crippen molar-refractivity contribution in [1.29, 1.82) is 0 Å². The highest BCUT2D eigenvalue weighted by Crippen LogP contribution is 2.16. The zero-order valence-corrected chi connectivity index (χ0v) is 17.1. The summed E-state index contributed by atoms with van der Waals surface area (Å²) in [7, 11) is 0. The molecule has 0 aliphatic carbocycles. The van der Waals surface area contributed by atoms with Crippen LogP contribution in [0.15, 0.2) is 48.5 Å². The monoisotopic (exact) mass is 396 g/mol. The van der Waals surface area contributed by atoms with Crippen LogP contribution in [-0.4, -0.2) is 60.9 Å². The molecule has 1 saturated heterocycles. The minimum absolute atomic E-state index is 0.00994. The minimum atomic E-state index is -0.0126. The van der Waals surface area contributed by atoms with Crippen LogP contribution in [-0.2, 0) is 11.3 Å². The lowest BCUT2D eigenvalue weighted by atomic mass is 10.1. The molecule has 1 fully saturated rings. The molecule has 0 saturated carbocycles.